The molecule has 3 saturated heterocycles. The highest BCUT2D eigenvalue weighted by atomic mass is 19.1. The second-order valence-electron chi connectivity index (χ2n) is 8.29. The molecule has 3 N–H and O–H groups in total. The summed E-state index contributed by atoms with van der Waals surface area (Å²) in [6.07, 6.45) is -1.06. The molecule has 4 amide bonds. The van der Waals surface area contributed by atoms with E-state index in [-0.39, 0.29) is 25.0 Å². The lowest BCUT2D eigenvalue weighted by Gasteiger charge is -2.30. The maximum Gasteiger partial charge on any atom is 0.414 e. The lowest BCUT2D eigenvalue weighted by Crippen LogP contribution is -2.55. The molecule has 0 bridgehead atoms. The first kappa shape index (κ1) is 19.3. The number of ether oxygens (including phenoxy) is 1. The first-order valence-electron chi connectivity index (χ1n) is 9.48. The molecule has 4 rings (SSSR count). The number of hydrogen-bond acceptors (Lipinski definition) is 5. The van der Waals surface area contributed by atoms with Gasteiger partial charge in [0.05, 0.1) is 35.5 Å². The summed E-state index contributed by atoms with van der Waals surface area (Å²) < 4.78 is 20.2. The van der Waals surface area contributed by atoms with Crippen molar-refractivity contribution < 1.29 is 23.5 Å². The SMILES string of the molecule is CC(=O)NC[C@H]1CN(c2ccc(N3CC4(C)NC(=O)NC4(C)C3)c(F)c2)C(=O)O1. The van der Waals surface area contributed by atoms with Crippen LogP contribution in [0.15, 0.2) is 18.2 Å². The lowest BCUT2D eigenvalue weighted by molar-refractivity contribution is -0.119. The molecule has 3 fully saturated rings. The third-order valence-corrected chi connectivity index (χ3v) is 6.05. The number of anilines is 2. The Morgan fingerprint density at radius 3 is 2.52 bits per heavy atom. The van der Waals surface area contributed by atoms with Crippen molar-refractivity contribution in [3.05, 3.63) is 24.0 Å². The van der Waals surface area contributed by atoms with Gasteiger partial charge >= 0.3 is 12.1 Å². The largest absolute Gasteiger partial charge is 0.442 e. The van der Waals surface area contributed by atoms with Gasteiger partial charge in [-0.15, -0.1) is 0 Å². The maximum absolute atomic E-state index is 15.0. The number of nitrogens with zero attached hydrogens (tertiary/aromatic N) is 2. The Hall–Kier alpha value is -3.04. The van der Waals surface area contributed by atoms with Gasteiger partial charge < -0.3 is 25.6 Å². The molecule has 10 heteroatoms. The van der Waals surface area contributed by atoms with Crippen LogP contribution in [0, 0.1) is 5.82 Å². The van der Waals surface area contributed by atoms with Crippen LogP contribution in [0.3, 0.4) is 0 Å². The molecule has 0 aromatic heterocycles. The van der Waals surface area contributed by atoms with Gasteiger partial charge in [0, 0.05) is 20.0 Å². The van der Waals surface area contributed by atoms with Crippen LogP contribution >= 0.6 is 0 Å². The number of carbonyl (C=O) groups excluding carboxylic acids is 3. The summed E-state index contributed by atoms with van der Waals surface area (Å²) in [4.78, 5) is 38.1. The average Bonchev–Trinajstić information content (AvgIpc) is 3.17. The van der Waals surface area contributed by atoms with Gasteiger partial charge in [-0.3, -0.25) is 9.69 Å². The predicted molar refractivity (Wildman–Crippen MR) is 103 cm³/mol. The maximum atomic E-state index is 15.0. The predicted octanol–water partition coefficient (Wildman–Crippen LogP) is 0.937. The van der Waals surface area contributed by atoms with E-state index in [1.165, 1.54) is 17.9 Å². The first-order valence-corrected chi connectivity index (χ1v) is 9.48. The zero-order valence-electron chi connectivity index (χ0n) is 16.5. The lowest BCUT2D eigenvalue weighted by atomic mass is 9.85. The molecule has 1 aromatic carbocycles. The van der Waals surface area contributed by atoms with Gasteiger partial charge in [0.15, 0.2) is 0 Å². The van der Waals surface area contributed by atoms with E-state index in [9.17, 15) is 18.8 Å². The Kier molecular flexibility index (Phi) is 4.32. The van der Waals surface area contributed by atoms with E-state index in [0.717, 1.165) is 0 Å². The second-order valence-corrected chi connectivity index (χ2v) is 8.29. The van der Waals surface area contributed by atoms with Crippen LogP contribution in [0.4, 0.5) is 25.4 Å². The summed E-state index contributed by atoms with van der Waals surface area (Å²) in [7, 11) is 0. The Morgan fingerprint density at radius 2 is 1.93 bits per heavy atom. The summed E-state index contributed by atoms with van der Waals surface area (Å²) in [5, 5.41) is 8.46. The van der Waals surface area contributed by atoms with Crippen molar-refractivity contribution in [2.45, 2.75) is 38.0 Å². The summed E-state index contributed by atoms with van der Waals surface area (Å²) in [6, 6.07) is 4.40. The quantitative estimate of drug-likeness (QED) is 0.692. The molecule has 0 aliphatic carbocycles. The van der Waals surface area contributed by atoms with Gasteiger partial charge in [-0.25, -0.2) is 14.0 Å². The number of urea groups is 1. The summed E-state index contributed by atoms with van der Waals surface area (Å²) in [6.45, 7) is 6.62. The summed E-state index contributed by atoms with van der Waals surface area (Å²) in [5.74, 6) is -0.669. The van der Waals surface area contributed by atoms with Crippen molar-refractivity contribution in [3.8, 4) is 0 Å². The fraction of sp³-hybridized carbons (Fsp3) is 0.526. The average molecular weight is 405 g/mol. The molecular formula is C19H24FN5O4. The van der Waals surface area contributed by atoms with Crippen LogP contribution in [0.25, 0.3) is 0 Å². The van der Waals surface area contributed by atoms with Gasteiger partial charge in [-0.1, -0.05) is 0 Å². The van der Waals surface area contributed by atoms with E-state index in [1.54, 1.807) is 12.1 Å². The molecule has 1 aromatic rings. The Morgan fingerprint density at radius 1 is 1.28 bits per heavy atom. The monoisotopic (exact) mass is 405 g/mol. The minimum atomic E-state index is -0.574. The number of benzene rings is 1. The molecule has 29 heavy (non-hydrogen) atoms. The second kappa shape index (κ2) is 6.50. The summed E-state index contributed by atoms with van der Waals surface area (Å²) >= 11 is 0. The third-order valence-electron chi connectivity index (χ3n) is 6.05. The number of hydrogen-bond donors (Lipinski definition) is 3. The molecule has 3 aliphatic heterocycles. The zero-order valence-corrected chi connectivity index (χ0v) is 16.5. The van der Waals surface area contributed by atoms with Crippen molar-refractivity contribution in [1.82, 2.24) is 16.0 Å². The van der Waals surface area contributed by atoms with Crippen LogP contribution in [0.2, 0.25) is 0 Å². The van der Waals surface area contributed by atoms with E-state index >= 15 is 0 Å². The van der Waals surface area contributed by atoms with Gasteiger partial charge in [-0.2, -0.15) is 0 Å². The number of amides is 4. The zero-order chi connectivity index (χ0) is 21.0. The number of rotatable bonds is 4. The fourth-order valence-corrected chi connectivity index (χ4v) is 4.24. The minimum absolute atomic E-state index is 0.210. The van der Waals surface area contributed by atoms with Crippen molar-refractivity contribution in [2.75, 3.05) is 36.0 Å². The molecule has 156 valence electrons. The Labute approximate surface area is 167 Å². The van der Waals surface area contributed by atoms with E-state index in [0.29, 0.717) is 24.5 Å². The van der Waals surface area contributed by atoms with Crippen molar-refractivity contribution >= 4 is 29.4 Å². The van der Waals surface area contributed by atoms with Crippen LogP contribution in [-0.4, -0.2) is 61.4 Å². The number of nitrogens with one attached hydrogen (secondary N) is 3. The molecule has 3 atom stereocenters. The van der Waals surface area contributed by atoms with Gasteiger partial charge in [0.1, 0.15) is 11.9 Å². The van der Waals surface area contributed by atoms with E-state index in [1.807, 2.05) is 18.7 Å². The molecule has 9 nitrogen and oxygen atoms in total. The number of halogens is 1. The van der Waals surface area contributed by atoms with Crippen LogP contribution in [0.5, 0.6) is 0 Å². The Bertz CT molecular complexity index is 873. The molecule has 3 aliphatic rings. The third kappa shape index (κ3) is 3.22. The number of carbonyl (C=O) groups is 3. The van der Waals surface area contributed by atoms with Crippen LogP contribution < -0.4 is 25.8 Å². The standard InChI is InChI=1S/C19H24FN5O4/c1-11(26)21-7-13-8-25(17(28)29-13)12-4-5-15(14(20)6-12)24-9-18(2)19(3,10-24)23-16(27)22-18/h4-6,13H,7-10H2,1-3H3,(H,21,26)(H2,22,23,27)/t13-,18?,19?/m0/s1. The van der Waals surface area contributed by atoms with Gasteiger partial charge in [0.25, 0.3) is 0 Å². The van der Waals surface area contributed by atoms with Crippen LogP contribution in [-0.2, 0) is 9.53 Å². The molecule has 3 heterocycles. The van der Waals surface area contributed by atoms with E-state index < -0.39 is 29.1 Å². The van der Waals surface area contributed by atoms with Crippen molar-refractivity contribution in [2.24, 2.45) is 0 Å². The number of cyclic esters (lactones) is 1. The topological polar surface area (TPSA) is 103 Å². The molecular weight excluding hydrogens is 381 g/mol. The van der Waals surface area contributed by atoms with E-state index in [4.69, 9.17) is 4.74 Å². The summed E-state index contributed by atoms with van der Waals surface area (Å²) in [5.41, 5.74) is -0.218. The molecule has 0 radical (unpaired) electrons. The van der Waals surface area contributed by atoms with Crippen molar-refractivity contribution in [1.29, 1.82) is 0 Å². The molecule has 0 saturated carbocycles. The van der Waals surface area contributed by atoms with E-state index in [2.05, 4.69) is 16.0 Å². The molecule has 0 spiro atoms. The highest BCUT2D eigenvalue weighted by Gasteiger charge is 2.58. The smallest absolute Gasteiger partial charge is 0.414 e. The normalized spacial score (nSPS) is 30.7. The Balaban J connectivity index is 1.49. The molecule has 2 unspecified atom stereocenters. The van der Waals surface area contributed by atoms with Crippen molar-refractivity contribution in [3.63, 3.8) is 0 Å². The fourth-order valence-electron chi connectivity index (χ4n) is 4.24. The van der Waals surface area contributed by atoms with Crippen LogP contribution in [0.1, 0.15) is 20.8 Å². The minimum Gasteiger partial charge on any atom is -0.442 e. The van der Waals surface area contributed by atoms with Gasteiger partial charge in [-0.05, 0) is 32.0 Å². The first-order chi connectivity index (χ1) is 13.6. The highest BCUT2D eigenvalue weighted by molar-refractivity contribution is 5.90. The van der Waals surface area contributed by atoms with Gasteiger partial charge in [0.2, 0.25) is 5.91 Å². The highest BCUT2D eigenvalue weighted by Crippen LogP contribution is 2.39. The number of fused-ring (bicyclic) bond motifs is 1.